The number of hydrogen-bond donors (Lipinski definition) is 1. The molecule has 1 radical (unpaired) electrons. The Labute approximate surface area is 51.3 Å². The number of urea groups is 2. The van der Waals surface area contributed by atoms with Gasteiger partial charge in [0.25, 0.3) is 0 Å². The van der Waals surface area contributed by atoms with Crippen LogP contribution >= 0.6 is 0 Å². The van der Waals surface area contributed by atoms with E-state index >= 15 is 0 Å². The summed E-state index contributed by atoms with van der Waals surface area (Å²) in [5, 5.41) is 0.125. The molecule has 51 valence electrons. The highest BCUT2D eigenvalue weighted by atomic mass is 16.7. The Morgan fingerprint density at radius 2 is 2.11 bits per heavy atom. The SMILES string of the molecule is CON(C([NH])=O)C(N)=O. The molecule has 0 saturated carbocycles. The second-order valence-electron chi connectivity index (χ2n) is 1.12. The molecule has 0 atom stereocenters. The normalized spacial score (nSPS) is 8.56. The summed E-state index contributed by atoms with van der Waals surface area (Å²) in [4.78, 5) is 24.1. The highest BCUT2D eigenvalue weighted by molar-refractivity contribution is 5.89. The fourth-order valence-corrected chi connectivity index (χ4v) is 0.273. The maximum Gasteiger partial charge on any atom is 0.368 e. The first-order chi connectivity index (χ1) is 4.09. The fraction of sp³-hybridized carbons (Fsp3) is 0.333. The van der Waals surface area contributed by atoms with Crippen molar-refractivity contribution in [1.82, 2.24) is 10.8 Å². The average Bonchev–Trinajstić information content (AvgIpc) is 1.64. The molecule has 0 heterocycles. The van der Waals surface area contributed by atoms with Crippen molar-refractivity contribution >= 4 is 12.1 Å². The smallest absolute Gasteiger partial charge is 0.349 e. The topological polar surface area (TPSA) is 96.4 Å². The number of amides is 4. The lowest BCUT2D eigenvalue weighted by Crippen LogP contribution is -2.39. The zero-order chi connectivity index (χ0) is 7.44. The summed E-state index contributed by atoms with van der Waals surface area (Å²) in [7, 11) is 1.07. The zero-order valence-corrected chi connectivity index (χ0v) is 4.75. The monoisotopic (exact) mass is 132 g/mol. The first-order valence-electron chi connectivity index (χ1n) is 1.98. The number of primary amides is 1. The molecule has 9 heavy (non-hydrogen) atoms. The van der Waals surface area contributed by atoms with Gasteiger partial charge in [-0.15, -0.1) is 5.06 Å². The van der Waals surface area contributed by atoms with E-state index in [9.17, 15) is 9.59 Å². The zero-order valence-electron chi connectivity index (χ0n) is 4.75. The predicted molar refractivity (Wildman–Crippen MR) is 26.9 cm³/mol. The fourth-order valence-electron chi connectivity index (χ4n) is 0.273. The predicted octanol–water partition coefficient (Wildman–Crippen LogP) is -0.669. The maximum atomic E-state index is 10.1. The van der Waals surface area contributed by atoms with Gasteiger partial charge < -0.3 is 5.73 Å². The summed E-state index contributed by atoms with van der Waals surface area (Å²) in [6.07, 6.45) is 0. The first-order valence-corrected chi connectivity index (χ1v) is 1.98. The third-order valence-corrected chi connectivity index (χ3v) is 0.567. The highest BCUT2D eigenvalue weighted by Gasteiger charge is 2.14. The number of nitrogens with two attached hydrogens (primary N) is 1. The molecule has 6 heteroatoms. The van der Waals surface area contributed by atoms with E-state index in [2.05, 4.69) is 10.6 Å². The Hall–Kier alpha value is -1.30. The molecule has 0 spiro atoms. The molecule has 0 aromatic rings. The Kier molecular flexibility index (Phi) is 2.46. The number of nitrogens with one attached hydrogen (secondary N) is 1. The molecule has 0 saturated heterocycles. The molecular formula is C3H6N3O3. The summed E-state index contributed by atoms with van der Waals surface area (Å²) in [6, 6.07) is -2.39. The van der Waals surface area contributed by atoms with Gasteiger partial charge in [-0.1, -0.05) is 0 Å². The minimum absolute atomic E-state index is 0.125. The second-order valence-corrected chi connectivity index (χ2v) is 1.12. The van der Waals surface area contributed by atoms with E-state index in [1.165, 1.54) is 0 Å². The van der Waals surface area contributed by atoms with Crippen LogP contribution in [0.15, 0.2) is 0 Å². The molecule has 0 fully saturated rings. The van der Waals surface area contributed by atoms with Crippen molar-refractivity contribution in [2.24, 2.45) is 5.73 Å². The van der Waals surface area contributed by atoms with Gasteiger partial charge in [-0.25, -0.2) is 15.3 Å². The Bertz CT molecular complexity index is 120. The Morgan fingerprint density at radius 1 is 1.67 bits per heavy atom. The Balaban J connectivity index is 3.99. The molecule has 4 amide bonds. The van der Waals surface area contributed by atoms with Crippen LogP contribution in [0, 0.1) is 0 Å². The number of hydrogen-bond acceptors (Lipinski definition) is 3. The quantitative estimate of drug-likeness (QED) is 0.479. The van der Waals surface area contributed by atoms with Gasteiger partial charge in [-0.3, -0.25) is 4.84 Å². The molecule has 0 bridgehead atoms. The summed E-state index contributed by atoms with van der Waals surface area (Å²) in [5.41, 5.74) is 10.9. The molecule has 0 unspecified atom stereocenters. The maximum absolute atomic E-state index is 10.1. The molecule has 0 aliphatic carbocycles. The van der Waals surface area contributed by atoms with Crippen LogP contribution in [-0.4, -0.2) is 24.2 Å². The van der Waals surface area contributed by atoms with E-state index in [1.807, 2.05) is 0 Å². The van der Waals surface area contributed by atoms with E-state index < -0.39 is 12.1 Å². The van der Waals surface area contributed by atoms with Gasteiger partial charge in [0.2, 0.25) is 0 Å². The second kappa shape index (κ2) is 2.88. The van der Waals surface area contributed by atoms with Crippen molar-refractivity contribution in [1.29, 1.82) is 0 Å². The minimum Gasteiger partial charge on any atom is -0.349 e. The van der Waals surface area contributed by atoms with Crippen LogP contribution in [0.4, 0.5) is 9.59 Å². The molecular weight excluding hydrogens is 126 g/mol. The third kappa shape index (κ3) is 1.96. The van der Waals surface area contributed by atoms with Crippen molar-refractivity contribution < 1.29 is 14.4 Å². The molecule has 0 aromatic carbocycles. The van der Waals surface area contributed by atoms with Gasteiger partial charge in [0.05, 0.1) is 7.11 Å². The van der Waals surface area contributed by atoms with Crippen LogP contribution in [0.25, 0.3) is 0 Å². The number of carbonyl (C=O) groups is 2. The average molecular weight is 132 g/mol. The lowest BCUT2D eigenvalue weighted by molar-refractivity contribution is -0.0412. The van der Waals surface area contributed by atoms with Crippen LogP contribution < -0.4 is 11.5 Å². The van der Waals surface area contributed by atoms with Crippen LogP contribution in [0.5, 0.6) is 0 Å². The van der Waals surface area contributed by atoms with Crippen LogP contribution in [0.2, 0.25) is 0 Å². The van der Waals surface area contributed by atoms with Crippen molar-refractivity contribution in [2.45, 2.75) is 0 Å². The van der Waals surface area contributed by atoms with Gasteiger partial charge in [0, 0.05) is 0 Å². The third-order valence-electron chi connectivity index (χ3n) is 0.567. The van der Waals surface area contributed by atoms with E-state index in [0.29, 0.717) is 0 Å². The molecule has 0 aliphatic heterocycles. The molecule has 6 nitrogen and oxygen atoms in total. The lowest BCUT2D eigenvalue weighted by Gasteiger charge is -2.09. The number of carbonyl (C=O) groups excluding carboxylic acids is 2. The van der Waals surface area contributed by atoms with Gasteiger partial charge in [-0.2, -0.15) is 0 Å². The van der Waals surface area contributed by atoms with E-state index in [1.54, 1.807) is 0 Å². The van der Waals surface area contributed by atoms with Gasteiger partial charge in [0.1, 0.15) is 0 Å². The standard InChI is InChI=1S/C3H6N3O3/c1-9-6(2(4)7)3(5)8/h4H,1H3,(H2,5,8). The van der Waals surface area contributed by atoms with Gasteiger partial charge in [0.15, 0.2) is 0 Å². The summed E-state index contributed by atoms with van der Waals surface area (Å²) in [5.74, 6) is 0. The van der Waals surface area contributed by atoms with Crippen molar-refractivity contribution in [3.05, 3.63) is 0 Å². The minimum atomic E-state index is -1.29. The van der Waals surface area contributed by atoms with Crippen LogP contribution in [0.3, 0.4) is 0 Å². The summed E-state index contributed by atoms with van der Waals surface area (Å²) < 4.78 is 0. The molecule has 0 aliphatic rings. The van der Waals surface area contributed by atoms with Crippen molar-refractivity contribution in [3.63, 3.8) is 0 Å². The van der Waals surface area contributed by atoms with Gasteiger partial charge >= 0.3 is 12.1 Å². The van der Waals surface area contributed by atoms with E-state index in [0.717, 1.165) is 7.11 Å². The van der Waals surface area contributed by atoms with Gasteiger partial charge in [-0.05, 0) is 0 Å². The Morgan fingerprint density at radius 3 is 2.11 bits per heavy atom. The first kappa shape index (κ1) is 7.70. The number of rotatable bonds is 1. The number of hydroxylamine groups is 2. The molecule has 0 aromatic heterocycles. The van der Waals surface area contributed by atoms with Crippen LogP contribution in [-0.2, 0) is 4.84 Å². The molecule has 0 rings (SSSR count). The largest absolute Gasteiger partial charge is 0.368 e. The summed E-state index contributed by atoms with van der Waals surface area (Å²) in [6.45, 7) is 0. The lowest BCUT2D eigenvalue weighted by atomic mass is 10.9. The number of imide groups is 1. The molecule has 3 N–H and O–H groups in total. The van der Waals surface area contributed by atoms with Crippen molar-refractivity contribution in [2.75, 3.05) is 7.11 Å². The van der Waals surface area contributed by atoms with E-state index in [4.69, 9.17) is 5.73 Å². The van der Waals surface area contributed by atoms with Crippen molar-refractivity contribution in [3.8, 4) is 0 Å². The number of nitrogens with zero attached hydrogens (tertiary/aromatic N) is 1. The highest BCUT2D eigenvalue weighted by Crippen LogP contribution is 1.85. The summed E-state index contributed by atoms with van der Waals surface area (Å²) >= 11 is 0. The van der Waals surface area contributed by atoms with Crippen LogP contribution in [0.1, 0.15) is 0 Å². The van der Waals surface area contributed by atoms with E-state index in [-0.39, 0.29) is 5.06 Å².